The van der Waals surface area contributed by atoms with E-state index in [1.165, 1.54) is 4.68 Å². The van der Waals surface area contributed by atoms with E-state index in [-0.39, 0.29) is 11.6 Å². The maximum atomic E-state index is 12.9. The molecule has 0 saturated heterocycles. The number of benzene rings is 3. The molecule has 1 aliphatic rings. The molecule has 1 atom stereocenters. The summed E-state index contributed by atoms with van der Waals surface area (Å²) in [5.41, 5.74) is 3.94. The van der Waals surface area contributed by atoms with Gasteiger partial charge in [0, 0.05) is 18.0 Å². The number of hydrogen-bond donors (Lipinski definition) is 0. The first-order valence-corrected chi connectivity index (χ1v) is 10.8. The fourth-order valence-electron chi connectivity index (χ4n) is 4.02. The van der Waals surface area contributed by atoms with Crippen molar-refractivity contribution >= 4 is 23.3 Å². The molecule has 1 aliphatic heterocycles. The van der Waals surface area contributed by atoms with Crippen molar-refractivity contribution < 1.29 is 0 Å². The molecule has 1 aromatic heterocycles. The largest absolute Gasteiger partial charge is 0.347 e. The van der Waals surface area contributed by atoms with Crippen molar-refractivity contribution in [3.63, 3.8) is 0 Å². The van der Waals surface area contributed by atoms with Crippen molar-refractivity contribution in [1.29, 1.82) is 0 Å². The van der Waals surface area contributed by atoms with Gasteiger partial charge in [-0.15, -0.1) is 5.10 Å². The Morgan fingerprint density at radius 2 is 1.59 bits per heavy atom. The van der Waals surface area contributed by atoms with Gasteiger partial charge < -0.3 is 0 Å². The summed E-state index contributed by atoms with van der Waals surface area (Å²) >= 11 is 6.10. The van der Waals surface area contributed by atoms with Gasteiger partial charge in [-0.05, 0) is 28.8 Å². The molecule has 0 bridgehead atoms. The smallest absolute Gasteiger partial charge is 0.263 e. The highest BCUT2D eigenvalue weighted by Gasteiger charge is 2.32. The Morgan fingerprint density at radius 3 is 2.28 bits per heavy atom. The van der Waals surface area contributed by atoms with Crippen molar-refractivity contribution in [3.05, 3.63) is 117 Å². The molecular weight excluding hydrogens is 422 g/mol. The van der Waals surface area contributed by atoms with Crippen LogP contribution in [0.3, 0.4) is 0 Å². The third-order valence-electron chi connectivity index (χ3n) is 5.68. The maximum Gasteiger partial charge on any atom is 0.347 e. The predicted molar refractivity (Wildman–Crippen MR) is 128 cm³/mol. The van der Waals surface area contributed by atoms with E-state index in [9.17, 15) is 4.79 Å². The van der Waals surface area contributed by atoms with E-state index < -0.39 is 0 Å². The molecule has 0 amide bonds. The Balaban J connectivity index is 1.53. The lowest BCUT2D eigenvalue weighted by Crippen LogP contribution is -2.25. The summed E-state index contributed by atoms with van der Waals surface area (Å²) in [7, 11) is 1.74. The van der Waals surface area contributed by atoms with Crippen LogP contribution >= 0.6 is 11.6 Å². The van der Waals surface area contributed by atoms with Crippen LogP contribution in [0.4, 0.5) is 5.95 Å². The van der Waals surface area contributed by atoms with Crippen LogP contribution in [0.2, 0.25) is 5.02 Å². The van der Waals surface area contributed by atoms with E-state index in [1.807, 2.05) is 77.8 Å². The van der Waals surface area contributed by atoms with Crippen LogP contribution in [-0.2, 0) is 13.6 Å². The molecule has 0 spiro atoms. The Kier molecular flexibility index (Phi) is 5.37. The van der Waals surface area contributed by atoms with Crippen LogP contribution in [0.1, 0.15) is 22.6 Å². The Hall–Kier alpha value is -3.64. The molecule has 0 N–H and O–H groups in total. The van der Waals surface area contributed by atoms with Gasteiger partial charge in [-0.1, -0.05) is 84.4 Å². The average molecular weight is 444 g/mol. The molecule has 5 rings (SSSR count). The van der Waals surface area contributed by atoms with E-state index in [4.69, 9.17) is 16.7 Å². The Morgan fingerprint density at radius 1 is 0.938 bits per heavy atom. The van der Waals surface area contributed by atoms with E-state index in [0.717, 1.165) is 22.4 Å². The zero-order valence-electron chi connectivity index (χ0n) is 17.6. The first-order valence-electron chi connectivity index (χ1n) is 10.4. The van der Waals surface area contributed by atoms with E-state index >= 15 is 0 Å². The highest BCUT2D eigenvalue weighted by molar-refractivity contribution is 6.30. The molecule has 6 nitrogen and oxygen atoms in total. The topological polar surface area (TPSA) is 55.4 Å². The third kappa shape index (κ3) is 3.85. The first kappa shape index (κ1) is 20.3. The lowest BCUT2D eigenvalue weighted by Gasteiger charge is -2.15. The second-order valence-corrected chi connectivity index (χ2v) is 8.26. The quantitative estimate of drug-likeness (QED) is 0.462. The van der Waals surface area contributed by atoms with Crippen molar-refractivity contribution in [2.45, 2.75) is 12.5 Å². The summed E-state index contributed by atoms with van der Waals surface area (Å²) in [4.78, 5) is 12.9. The third-order valence-corrected chi connectivity index (χ3v) is 5.93. The second-order valence-electron chi connectivity index (χ2n) is 7.82. The molecule has 0 radical (unpaired) electrons. The van der Waals surface area contributed by atoms with Gasteiger partial charge in [0.05, 0.1) is 18.8 Å². The Bertz CT molecular complexity index is 1310. The molecule has 3 aromatic carbocycles. The molecule has 0 aliphatic carbocycles. The van der Waals surface area contributed by atoms with Gasteiger partial charge in [0.2, 0.25) is 5.95 Å². The zero-order valence-corrected chi connectivity index (χ0v) is 18.4. The van der Waals surface area contributed by atoms with Gasteiger partial charge in [-0.3, -0.25) is 4.57 Å². The number of nitrogens with zero attached hydrogens (tertiary/aromatic N) is 5. The van der Waals surface area contributed by atoms with Gasteiger partial charge >= 0.3 is 5.69 Å². The number of halogens is 1. The van der Waals surface area contributed by atoms with Gasteiger partial charge in [-0.2, -0.15) is 5.10 Å². The molecule has 160 valence electrons. The molecule has 32 heavy (non-hydrogen) atoms. The lowest BCUT2D eigenvalue weighted by molar-refractivity contribution is 0.646. The van der Waals surface area contributed by atoms with Crippen LogP contribution in [0.25, 0.3) is 0 Å². The number of hydrazone groups is 1. The van der Waals surface area contributed by atoms with Crippen LogP contribution in [0.15, 0.2) is 94.8 Å². The van der Waals surface area contributed by atoms with Crippen LogP contribution < -0.4 is 10.7 Å². The number of aromatic nitrogens is 3. The van der Waals surface area contributed by atoms with Crippen LogP contribution in [-0.4, -0.2) is 26.6 Å². The summed E-state index contributed by atoms with van der Waals surface area (Å²) in [5, 5.41) is 12.0. The van der Waals surface area contributed by atoms with Gasteiger partial charge in [-0.25, -0.2) is 14.5 Å². The van der Waals surface area contributed by atoms with E-state index in [1.54, 1.807) is 11.6 Å². The van der Waals surface area contributed by atoms with Gasteiger partial charge in [0.15, 0.2) is 0 Å². The standard InChI is InChI=1S/C25H22ClN5O/c1-29-24(28-31(25(29)32)16-18-8-4-2-5-9-18)30-17-22(19-10-6-3-7-11-19)23(27-30)20-12-14-21(26)15-13-20/h2-15,22H,16-17H2,1H3/t22-/m1/s1. The first-order chi connectivity index (χ1) is 15.6. The van der Waals surface area contributed by atoms with Crippen molar-refractivity contribution in [2.75, 3.05) is 11.6 Å². The molecule has 0 saturated carbocycles. The number of hydrogen-bond acceptors (Lipinski definition) is 4. The van der Waals surface area contributed by atoms with Crippen LogP contribution in [0, 0.1) is 0 Å². The van der Waals surface area contributed by atoms with E-state index in [0.29, 0.717) is 24.1 Å². The summed E-state index contributed by atoms with van der Waals surface area (Å²) in [6, 6.07) is 27.8. The van der Waals surface area contributed by atoms with Crippen molar-refractivity contribution in [1.82, 2.24) is 14.3 Å². The highest BCUT2D eigenvalue weighted by atomic mass is 35.5. The monoisotopic (exact) mass is 443 g/mol. The SMILES string of the molecule is Cn1c(N2C[C@H](c3ccccc3)C(c3ccc(Cl)cc3)=N2)nn(Cc2ccccc2)c1=O. The summed E-state index contributed by atoms with van der Waals surface area (Å²) < 4.78 is 3.04. The maximum absolute atomic E-state index is 12.9. The van der Waals surface area contributed by atoms with Crippen LogP contribution in [0.5, 0.6) is 0 Å². The van der Waals surface area contributed by atoms with Gasteiger partial charge in [0.25, 0.3) is 0 Å². The fourth-order valence-corrected chi connectivity index (χ4v) is 4.14. The summed E-state index contributed by atoms with van der Waals surface area (Å²) in [5.74, 6) is 0.572. The summed E-state index contributed by atoms with van der Waals surface area (Å²) in [6.07, 6.45) is 0. The minimum Gasteiger partial charge on any atom is -0.263 e. The molecule has 4 aromatic rings. The molecule has 0 unspecified atom stereocenters. The molecular formula is C25H22ClN5O. The van der Waals surface area contributed by atoms with E-state index in [2.05, 4.69) is 17.2 Å². The fraction of sp³-hybridized carbons (Fsp3) is 0.160. The molecule has 2 heterocycles. The summed E-state index contributed by atoms with van der Waals surface area (Å²) in [6.45, 7) is 1.01. The average Bonchev–Trinajstić information content (AvgIpc) is 3.38. The number of rotatable bonds is 5. The Labute approximate surface area is 191 Å². The molecule has 0 fully saturated rings. The number of anilines is 1. The van der Waals surface area contributed by atoms with Crippen molar-refractivity contribution in [2.24, 2.45) is 12.1 Å². The zero-order chi connectivity index (χ0) is 22.1. The molecule has 7 heteroatoms. The minimum atomic E-state index is -0.171. The minimum absolute atomic E-state index is 0.0479. The predicted octanol–water partition coefficient (Wildman–Crippen LogP) is 4.29. The lowest BCUT2D eigenvalue weighted by atomic mass is 9.91. The highest BCUT2D eigenvalue weighted by Crippen LogP contribution is 2.31. The normalized spacial score (nSPS) is 15.8. The second kappa shape index (κ2) is 8.48. The van der Waals surface area contributed by atoms with Gasteiger partial charge in [0.1, 0.15) is 0 Å². The van der Waals surface area contributed by atoms with Crippen molar-refractivity contribution in [3.8, 4) is 0 Å².